The minimum absolute atomic E-state index is 0.122. The van der Waals surface area contributed by atoms with Gasteiger partial charge >= 0.3 is 5.97 Å². The van der Waals surface area contributed by atoms with Crippen molar-refractivity contribution >= 4 is 5.97 Å². The number of hydrogen-bond acceptors (Lipinski definition) is 3. The molecule has 1 saturated carbocycles. The van der Waals surface area contributed by atoms with Crippen molar-refractivity contribution in [2.24, 2.45) is 0 Å². The van der Waals surface area contributed by atoms with Gasteiger partial charge in [-0.25, -0.2) is 9.18 Å². The summed E-state index contributed by atoms with van der Waals surface area (Å²) in [7, 11) is 4.16. The van der Waals surface area contributed by atoms with Crippen molar-refractivity contribution in [3.8, 4) is 0 Å². The van der Waals surface area contributed by atoms with Crippen molar-refractivity contribution in [3.05, 3.63) is 35.1 Å². The first kappa shape index (κ1) is 15.9. The van der Waals surface area contributed by atoms with Crippen LogP contribution in [0, 0.1) is 5.82 Å². The first-order valence-corrected chi connectivity index (χ1v) is 7.34. The van der Waals surface area contributed by atoms with E-state index in [1.54, 1.807) is 0 Å². The van der Waals surface area contributed by atoms with Crippen molar-refractivity contribution in [2.45, 2.75) is 37.8 Å². The molecule has 0 heterocycles. The van der Waals surface area contributed by atoms with Crippen molar-refractivity contribution in [1.29, 1.82) is 0 Å². The molecule has 2 N–H and O–H groups in total. The summed E-state index contributed by atoms with van der Waals surface area (Å²) in [5.41, 5.74) is 0.666. The number of carboxylic acids is 1. The Morgan fingerprint density at radius 1 is 1.38 bits per heavy atom. The van der Waals surface area contributed by atoms with E-state index in [2.05, 4.69) is 24.3 Å². The van der Waals surface area contributed by atoms with Crippen LogP contribution in [-0.4, -0.2) is 42.2 Å². The smallest absolute Gasteiger partial charge is 0.335 e. The van der Waals surface area contributed by atoms with Crippen LogP contribution in [0.25, 0.3) is 0 Å². The molecule has 116 valence electrons. The predicted octanol–water partition coefficient (Wildman–Crippen LogP) is 2.49. The first-order chi connectivity index (χ1) is 9.94. The molecule has 0 unspecified atom stereocenters. The molecule has 4 nitrogen and oxygen atoms in total. The maximum atomic E-state index is 13.7. The van der Waals surface area contributed by atoms with Gasteiger partial charge in [-0.1, -0.05) is 12.8 Å². The number of nitrogens with zero attached hydrogens (tertiary/aromatic N) is 1. The third-order valence-electron chi connectivity index (χ3n) is 4.55. The minimum atomic E-state index is -1.03. The van der Waals surface area contributed by atoms with Gasteiger partial charge in [0.05, 0.1) is 5.56 Å². The van der Waals surface area contributed by atoms with Gasteiger partial charge < -0.3 is 15.3 Å². The van der Waals surface area contributed by atoms with E-state index >= 15 is 0 Å². The van der Waals surface area contributed by atoms with Crippen LogP contribution in [0.5, 0.6) is 0 Å². The molecule has 21 heavy (non-hydrogen) atoms. The summed E-state index contributed by atoms with van der Waals surface area (Å²) >= 11 is 0. The number of halogens is 1. The van der Waals surface area contributed by atoms with Crippen molar-refractivity contribution in [3.63, 3.8) is 0 Å². The molecule has 0 saturated heterocycles. The zero-order valence-corrected chi connectivity index (χ0v) is 12.7. The second-order valence-corrected chi connectivity index (χ2v) is 6.04. The molecule has 1 aromatic carbocycles. The number of carbonyl (C=O) groups is 1. The zero-order chi connectivity index (χ0) is 15.5. The normalized spacial score (nSPS) is 17.3. The molecule has 0 aromatic heterocycles. The quantitative estimate of drug-likeness (QED) is 0.846. The molecule has 1 aromatic rings. The molecule has 0 atom stereocenters. The van der Waals surface area contributed by atoms with Gasteiger partial charge in [0, 0.05) is 24.2 Å². The Hall–Kier alpha value is -1.46. The van der Waals surface area contributed by atoms with Crippen LogP contribution in [0.4, 0.5) is 4.39 Å². The third-order valence-corrected chi connectivity index (χ3v) is 4.55. The fraction of sp³-hybridized carbons (Fsp3) is 0.562. The molecule has 0 radical (unpaired) electrons. The van der Waals surface area contributed by atoms with E-state index in [0.717, 1.165) is 19.4 Å². The van der Waals surface area contributed by atoms with E-state index < -0.39 is 5.97 Å². The molecule has 2 rings (SSSR count). The Morgan fingerprint density at radius 2 is 2.05 bits per heavy atom. The number of benzene rings is 1. The summed E-state index contributed by atoms with van der Waals surface area (Å²) in [5, 5.41) is 12.3. The number of nitrogens with one attached hydrogen (secondary N) is 1. The van der Waals surface area contributed by atoms with Crippen LogP contribution >= 0.6 is 0 Å². The number of likely N-dealkylation sites (N-methyl/N-ethyl adjacent to an activating group) is 1. The van der Waals surface area contributed by atoms with Gasteiger partial charge in [-0.3, -0.25) is 0 Å². The van der Waals surface area contributed by atoms with Gasteiger partial charge in [0.2, 0.25) is 0 Å². The van der Waals surface area contributed by atoms with Crippen LogP contribution in [-0.2, 0) is 6.54 Å². The highest BCUT2D eigenvalue weighted by molar-refractivity contribution is 5.87. The Kier molecular flexibility index (Phi) is 4.96. The highest BCUT2D eigenvalue weighted by Crippen LogP contribution is 2.33. The molecule has 1 aliphatic rings. The SMILES string of the molecule is CN(C)C1(CNCc2cc(C(=O)O)ccc2F)CCCC1. The van der Waals surface area contributed by atoms with Crippen molar-refractivity contribution < 1.29 is 14.3 Å². The molecule has 1 aliphatic carbocycles. The molecular weight excluding hydrogens is 271 g/mol. The lowest BCUT2D eigenvalue weighted by atomic mass is 9.96. The van der Waals surface area contributed by atoms with Gasteiger partial charge in [-0.05, 0) is 45.1 Å². The lowest BCUT2D eigenvalue weighted by molar-refractivity contribution is 0.0696. The molecule has 0 spiro atoms. The Bertz CT molecular complexity index is 511. The zero-order valence-electron chi connectivity index (χ0n) is 12.7. The van der Waals surface area contributed by atoms with Gasteiger partial charge in [0.15, 0.2) is 0 Å². The Morgan fingerprint density at radius 3 is 2.62 bits per heavy atom. The number of aromatic carboxylic acids is 1. The Balaban J connectivity index is 2.00. The van der Waals surface area contributed by atoms with E-state index in [1.165, 1.54) is 31.0 Å². The van der Waals surface area contributed by atoms with Gasteiger partial charge in [0.25, 0.3) is 0 Å². The average Bonchev–Trinajstić information content (AvgIpc) is 2.90. The molecule has 5 heteroatoms. The lowest BCUT2D eigenvalue weighted by Crippen LogP contribution is -2.49. The van der Waals surface area contributed by atoms with Crippen LogP contribution in [0.1, 0.15) is 41.6 Å². The standard InChI is InChI=1S/C16H23FN2O2/c1-19(2)16(7-3-4-8-16)11-18-10-13-9-12(15(20)21)5-6-14(13)17/h5-6,9,18H,3-4,7-8,10-11H2,1-2H3,(H,20,21). The van der Waals surface area contributed by atoms with Crippen LogP contribution in [0.15, 0.2) is 18.2 Å². The first-order valence-electron chi connectivity index (χ1n) is 7.34. The number of carboxylic acid groups (broad SMARTS) is 1. The molecular formula is C16H23FN2O2. The summed E-state index contributed by atoms with van der Waals surface area (Å²) < 4.78 is 13.7. The number of hydrogen-bond donors (Lipinski definition) is 2. The van der Waals surface area contributed by atoms with Crippen molar-refractivity contribution in [2.75, 3.05) is 20.6 Å². The topological polar surface area (TPSA) is 52.6 Å². The van der Waals surface area contributed by atoms with Crippen molar-refractivity contribution in [1.82, 2.24) is 10.2 Å². The average molecular weight is 294 g/mol. The molecule has 0 bridgehead atoms. The maximum Gasteiger partial charge on any atom is 0.335 e. The van der Waals surface area contributed by atoms with E-state index in [-0.39, 0.29) is 16.9 Å². The summed E-state index contributed by atoms with van der Waals surface area (Å²) in [6.45, 7) is 1.14. The predicted molar refractivity (Wildman–Crippen MR) is 80.0 cm³/mol. The van der Waals surface area contributed by atoms with Crippen LogP contribution < -0.4 is 5.32 Å². The molecule has 1 fully saturated rings. The van der Waals surface area contributed by atoms with Crippen LogP contribution in [0.2, 0.25) is 0 Å². The largest absolute Gasteiger partial charge is 0.478 e. The minimum Gasteiger partial charge on any atom is -0.478 e. The van der Waals surface area contributed by atoms with E-state index in [4.69, 9.17) is 5.11 Å². The summed E-state index contributed by atoms with van der Waals surface area (Å²) in [6, 6.07) is 3.92. The van der Waals surface area contributed by atoms with E-state index in [0.29, 0.717) is 12.1 Å². The monoisotopic (exact) mass is 294 g/mol. The number of rotatable bonds is 6. The second kappa shape index (κ2) is 6.54. The summed E-state index contributed by atoms with van der Waals surface area (Å²) in [5.74, 6) is -1.39. The second-order valence-electron chi connectivity index (χ2n) is 6.04. The fourth-order valence-corrected chi connectivity index (χ4v) is 3.09. The lowest BCUT2D eigenvalue weighted by Gasteiger charge is -2.36. The van der Waals surface area contributed by atoms with Crippen LogP contribution in [0.3, 0.4) is 0 Å². The molecule has 0 aliphatic heterocycles. The fourth-order valence-electron chi connectivity index (χ4n) is 3.09. The van der Waals surface area contributed by atoms with E-state index in [9.17, 15) is 9.18 Å². The summed E-state index contributed by atoms with van der Waals surface area (Å²) in [6.07, 6.45) is 4.74. The highest BCUT2D eigenvalue weighted by Gasteiger charge is 2.35. The van der Waals surface area contributed by atoms with Gasteiger partial charge in [-0.15, -0.1) is 0 Å². The molecule has 0 amide bonds. The third kappa shape index (κ3) is 3.60. The van der Waals surface area contributed by atoms with E-state index in [1.807, 2.05) is 0 Å². The maximum absolute atomic E-state index is 13.7. The van der Waals surface area contributed by atoms with Gasteiger partial charge in [-0.2, -0.15) is 0 Å². The Labute approximate surface area is 125 Å². The highest BCUT2D eigenvalue weighted by atomic mass is 19.1. The summed E-state index contributed by atoms with van der Waals surface area (Å²) in [4.78, 5) is 13.2. The van der Waals surface area contributed by atoms with Gasteiger partial charge in [0.1, 0.15) is 5.82 Å².